The molecule has 1 N–H and O–H groups in total. The molecule has 0 bridgehead atoms. The fraction of sp³-hybridized carbons (Fsp3) is 0.0714. The van der Waals surface area contributed by atoms with Gasteiger partial charge in [0.05, 0.1) is 27.5 Å². The van der Waals surface area contributed by atoms with Crippen LogP contribution in [-0.4, -0.2) is 35.4 Å². The third-order valence-corrected chi connectivity index (χ3v) is 5.07. The molecule has 4 rings (SSSR count). The number of nitrogens with zero attached hydrogens (tertiary/aromatic N) is 6. The van der Waals surface area contributed by atoms with Crippen LogP contribution in [0.3, 0.4) is 0 Å². The molecule has 1 aromatic carbocycles. The summed E-state index contributed by atoms with van der Waals surface area (Å²) in [5.74, 6) is -0.213. The first-order valence-electron chi connectivity index (χ1n) is 7.15. The fourth-order valence-corrected chi connectivity index (χ4v) is 3.45. The van der Waals surface area contributed by atoms with Crippen LogP contribution in [0.1, 0.15) is 5.69 Å². The van der Waals surface area contributed by atoms with E-state index in [4.69, 9.17) is 23.2 Å². The van der Waals surface area contributed by atoms with E-state index in [1.54, 1.807) is 23.6 Å². The second-order valence-corrected chi connectivity index (χ2v) is 6.85. The molecule has 0 atom stereocenters. The molecule has 0 radical (unpaired) electrons. The van der Waals surface area contributed by atoms with Crippen LogP contribution in [0.4, 0.5) is 13.2 Å². The van der Waals surface area contributed by atoms with Gasteiger partial charge in [-0.05, 0) is 17.3 Å². The summed E-state index contributed by atoms with van der Waals surface area (Å²) in [6, 6.07) is 4.84. The highest BCUT2D eigenvalue weighted by atomic mass is 35.5. The van der Waals surface area contributed by atoms with Crippen LogP contribution in [0.25, 0.3) is 27.8 Å². The van der Waals surface area contributed by atoms with E-state index in [1.807, 2.05) is 0 Å². The van der Waals surface area contributed by atoms with Gasteiger partial charge in [0.25, 0.3) is 0 Å². The number of hydrogen-bond acceptors (Lipinski definition) is 6. The number of tetrazole rings is 1. The highest BCUT2D eigenvalue weighted by molar-refractivity contribution is 7.12. The van der Waals surface area contributed by atoms with Crippen LogP contribution < -0.4 is 0 Å². The minimum absolute atomic E-state index is 0.0261. The Morgan fingerprint density at radius 3 is 2.63 bits per heavy atom. The summed E-state index contributed by atoms with van der Waals surface area (Å²) >= 11 is 12.9. The fourth-order valence-electron chi connectivity index (χ4n) is 2.36. The second kappa shape index (κ2) is 6.59. The van der Waals surface area contributed by atoms with Crippen molar-refractivity contribution < 1.29 is 13.2 Å². The molecule has 0 fully saturated rings. The molecule has 0 unspecified atom stereocenters. The van der Waals surface area contributed by atoms with Crippen molar-refractivity contribution in [3.05, 3.63) is 45.5 Å². The minimum atomic E-state index is -4.71. The third-order valence-electron chi connectivity index (χ3n) is 3.51. The first-order chi connectivity index (χ1) is 12.8. The highest BCUT2D eigenvalue weighted by Gasteiger charge is 2.40. The molecule has 0 spiro atoms. The van der Waals surface area contributed by atoms with Gasteiger partial charge in [0.1, 0.15) is 0 Å². The Bertz CT molecular complexity index is 1100. The lowest BCUT2D eigenvalue weighted by molar-refractivity contribution is -0.142. The number of rotatable bonds is 3. The predicted octanol–water partition coefficient (Wildman–Crippen LogP) is 4.50. The van der Waals surface area contributed by atoms with Crippen molar-refractivity contribution in [3.63, 3.8) is 0 Å². The molecule has 138 valence electrons. The molecule has 0 aliphatic rings. The van der Waals surface area contributed by atoms with Crippen LogP contribution in [-0.2, 0) is 6.18 Å². The molecule has 3 aromatic heterocycles. The van der Waals surface area contributed by atoms with E-state index in [0.29, 0.717) is 26.0 Å². The summed E-state index contributed by atoms with van der Waals surface area (Å²) in [7, 11) is 0. The summed E-state index contributed by atoms with van der Waals surface area (Å²) < 4.78 is 41.6. The van der Waals surface area contributed by atoms with Gasteiger partial charge in [-0.3, -0.25) is 0 Å². The first-order valence-corrected chi connectivity index (χ1v) is 8.78. The zero-order valence-electron chi connectivity index (χ0n) is 12.9. The molecule has 7 nitrogen and oxygen atoms in total. The molecular weight excluding hydrogens is 426 g/mol. The zero-order valence-corrected chi connectivity index (χ0v) is 15.2. The van der Waals surface area contributed by atoms with E-state index in [9.17, 15) is 13.2 Å². The van der Waals surface area contributed by atoms with Crippen molar-refractivity contribution in [2.24, 2.45) is 0 Å². The Morgan fingerprint density at radius 2 is 1.96 bits per heavy atom. The Labute approximate surface area is 162 Å². The Hall–Kier alpha value is -2.50. The molecule has 0 aliphatic heterocycles. The van der Waals surface area contributed by atoms with Crippen LogP contribution in [0.15, 0.2) is 29.8 Å². The Kier molecular flexibility index (Phi) is 4.36. The zero-order chi connectivity index (χ0) is 19.2. The standard InChI is InChI=1S/C14H6Cl2F3N7S/c15-8-2-1-6(3-9(8)16)10-5-27-13(21-10)26-11(14(17,18)19)7(4-20-26)12-22-24-25-23-12/h1-5H,(H,22,23,24,25). The highest BCUT2D eigenvalue weighted by Crippen LogP contribution is 2.38. The number of aromatic nitrogens is 7. The van der Waals surface area contributed by atoms with Gasteiger partial charge in [-0.25, -0.2) is 9.67 Å². The SMILES string of the molecule is FC(F)(F)c1c(-c2nn[nH]n2)cnn1-c1nc(-c2ccc(Cl)c(Cl)c2)cs1. The van der Waals surface area contributed by atoms with Gasteiger partial charge >= 0.3 is 6.18 Å². The number of alkyl halides is 3. The number of aromatic amines is 1. The second-order valence-electron chi connectivity index (χ2n) is 5.20. The van der Waals surface area contributed by atoms with E-state index in [1.165, 1.54) is 0 Å². The number of nitrogens with one attached hydrogen (secondary N) is 1. The van der Waals surface area contributed by atoms with Crippen molar-refractivity contribution in [3.8, 4) is 27.8 Å². The molecule has 0 aliphatic carbocycles. The van der Waals surface area contributed by atoms with Crippen LogP contribution >= 0.6 is 34.5 Å². The van der Waals surface area contributed by atoms with Gasteiger partial charge in [0.2, 0.25) is 11.0 Å². The number of H-pyrrole nitrogens is 1. The topological polar surface area (TPSA) is 85.2 Å². The van der Waals surface area contributed by atoms with Crippen molar-refractivity contribution in [2.75, 3.05) is 0 Å². The molecular formula is C14H6Cl2F3N7S. The number of thiazole rings is 1. The van der Waals surface area contributed by atoms with Gasteiger partial charge in [-0.2, -0.15) is 23.5 Å². The normalized spacial score (nSPS) is 11.9. The maximum atomic E-state index is 13.6. The van der Waals surface area contributed by atoms with Crippen LogP contribution in [0, 0.1) is 0 Å². The van der Waals surface area contributed by atoms with E-state index in [0.717, 1.165) is 17.5 Å². The van der Waals surface area contributed by atoms with Crippen molar-refractivity contribution in [1.29, 1.82) is 0 Å². The maximum Gasteiger partial charge on any atom is 0.434 e. The molecule has 3 heterocycles. The molecule has 4 aromatic rings. The molecule has 0 amide bonds. The van der Waals surface area contributed by atoms with Crippen molar-refractivity contribution >= 4 is 34.5 Å². The van der Waals surface area contributed by atoms with Gasteiger partial charge in [0, 0.05) is 10.9 Å². The van der Waals surface area contributed by atoms with Gasteiger partial charge in [0.15, 0.2) is 5.69 Å². The van der Waals surface area contributed by atoms with Gasteiger partial charge in [-0.15, -0.1) is 21.5 Å². The largest absolute Gasteiger partial charge is 0.434 e. The number of benzene rings is 1. The average molecular weight is 432 g/mol. The van der Waals surface area contributed by atoms with Crippen molar-refractivity contribution in [1.82, 2.24) is 35.4 Å². The summed E-state index contributed by atoms with van der Waals surface area (Å²) in [6.45, 7) is 0. The maximum absolute atomic E-state index is 13.6. The van der Waals surface area contributed by atoms with Crippen LogP contribution in [0.2, 0.25) is 10.0 Å². The third kappa shape index (κ3) is 3.29. The smallest absolute Gasteiger partial charge is 0.218 e. The first kappa shape index (κ1) is 17.9. The van der Waals surface area contributed by atoms with E-state index >= 15 is 0 Å². The number of halogens is 5. The number of hydrogen-bond donors (Lipinski definition) is 1. The molecule has 0 saturated heterocycles. The summed E-state index contributed by atoms with van der Waals surface area (Å²) in [6.07, 6.45) is -3.68. The van der Waals surface area contributed by atoms with Crippen molar-refractivity contribution in [2.45, 2.75) is 6.18 Å². The Morgan fingerprint density at radius 1 is 1.15 bits per heavy atom. The predicted molar refractivity (Wildman–Crippen MR) is 92.9 cm³/mol. The summed E-state index contributed by atoms with van der Waals surface area (Å²) in [5, 5.41) is 18.7. The lowest BCUT2D eigenvalue weighted by atomic mass is 10.2. The van der Waals surface area contributed by atoms with E-state index < -0.39 is 11.9 Å². The molecule has 0 saturated carbocycles. The molecule has 27 heavy (non-hydrogen) atoms. The van der Waals surface area contributed by atoms with Gasteiger partial charge in [-0.1, -0.05) is 29.3 Å². The van der Waals surface area contributed by atoms with Crippen LogP contribution in [0.5, 0.6) is 0 Å². The lowest BCUT2D eigenvalue weighted by Crippen LogP contribution is -2.14. The Balaban J connectivity index is 1.81. The van der Waals surface area contributed by atoms with Gasteiger partial charge < -0.3 is 0 Å². The van der Waals surface area contributed by atoms with E-state index in [2.05, 4.69) is 30.7 Å². The van der Waals surface area contributed by atoms with E-state index in [-0.39, 0.29) is 16.5 Å². The average Bonchev–Trinajstić information content (AvgIpc) is 3.35. The lowest BCUT2D eigenvalue weighted by Gasteiger charge is -2.09. The summed E-state index contributed by atoms with van der Waals surface area (Å²) in [5.41, 5.74) is -0.286. The monoisotopic (exact) mass is 431 g/mol. The quantitative estimate of drug-likeness (QED) is 0.515. The molecule has 13 heteroatoms. The summed E-state index contributed by atoms with van der Waals surface area (Å²) in [4.78, 5) is 4.24. The minimum Gasteiger partial charge on any atom is -0.218 e.